The number of carbonyl (C=O) groups excluding carboxylic acids is 1. The first-order valence-corrected chi connectivity index (χ1v) is 7.70. The highest BCUT2D eigenvalue weighted by Gasteiger charge is 2.28. The number of halogens is 1. The molecule has 4 heteroatoms. The zero-order chi connectivity index (χ0) is 13.8. The summed E-state index contributed by atoms with van der Waals surface area (Å²) < 4.78 is 1.07. The molecule has 0 bridgehead atoms. The van der Waals surface area contributed by atoms with Gasteiger partial charge in [0.25, 0.3) is 0 Å². The van der Waals surface area contributed by atoms with Crippen LogP contribution in [0.1, 0.15) is 44.7 Å². The van der Waals surface area contributed by atoms with Crippen LogP contribution in [0.3, 0.4) is 0 Å². The summed E-state index contributed by atoms with van der Waals surface area (Å²) >= 11 is 3.51. The van der Waals surface area contributed by atoms with Gasteiger partial charge in [0, 0.05) is 17.1 Å². The number of likely N-dealkylation sites (tertiary alicyclic amines) is 1. The number of hydrogen-bond acceptors (Lipinski definition) is 1. The second-order valence-electron chi connectivity index (χ2n) is 5.36. The summed E-state index contributed by atoms with van der Waals surface area (Å²) in [6.45, 7) is 4.83. The Hall–Kier alpha value is -1.03. The Morgan fingerprint density at radius 1 is 1.42 bits per heavy atom. The molecule has 1 unspecified atom stereocenters. The van der Waals surface area contributed by atoms with Gasteiger partial charge in [0.2, 0.25) is 0 Å². The number of rotatable bonds is 2. The fraction of sp³-hybridized carbons (Fsp3) is 0.533. The number of piperidine rings is 1. The average Bonchev–Trinajstić information content (AvgIpc) is 2.38. The molecule has 1 saturated heterocycles. The number of amides is 2. The third-order valence-electron chi connectivity index (χ3n) is 3.41. The fourth-order valence-electron chi connectivity index (χ4n) is 2.56. The highest BCUT2D eigenvalue weighted by Crippen LogP contribution is 2.32. The molecule has 1 aliphatic heterocycles. The van der Waals surface area contributed by atoms with Crippen LogP contribution in [0.25, 0.3) is 0 Å². The minimum absolute atomic E-state index is 0.0553. The molecular weight excluding hydrogens is 304 g/mol. The van der Waals surface area contributed by atoms with E-state index in [2.05, 4.69) is 33.4 Å². The van der Waals surface area contributed by atoms with Crippen molar-refractivity contribution in [1.29, 1.82) is 0 Å². The van der Waals surface area contributed by atoms with Crippen LogP contribution in [0.15, 0.2) is 28.7 Å². The lowest BCUT2D eigenvalue weighted by molar-refractivity contribution is 0.149. The lowest BCUT2D eigenvalue weighted by Gasteiger charge is -2.36. The van der Waals surface area contributed by atoms with Gasteiger partial charge in [-0.3, -0.25) is 0 Å². The van der Waals surface area contributed by atoms with E-state index in [0.717, 1.165) is 23.9 Å². The van der Waals surface area contributed by atoms with Crippen molar-refractivity contribution in [2.45, 2.75) is 45.2 Å². The maximum atomic E-state index is 12.3. The van der Waals surface area contributed by atoms with Gasteiger partial charge in [-0.2, -0.15) is 0 Å². The van der Waals surface area contributed by atoms with Gasteiger partial charge in [-0.25, -0.2) is 4.79 Å². The highest BCUT2D eigenvalue weighted by atomic mass is 79.9. The molecule has 0 aliphatic carbocycles. The van der Waals surface area contributed by atoms with Crippen molar-refractivity contribution < 1.29 is 4.79 Å². The molecule has 1 N–H and O–H groups in total. The van der Waals surface area contributed by atoms with E-state index in [1.54, 1.807) is 0 Å². The van der Waals surface area contributed by atoms with Crippen molar-refractivity contribution in [3.8, 4) is 0 Å². The Morgan fingerprint density at radius 3 is 2.89 bits per heavy atom. The van der Waals surface area contributed by atoms with E-state index < -0.39 is 0 Å². The highest BCUT2D eigenvalue weighted by molar-refractivity contribution is 9.10. The first-order chi connectivity index (χ1) is 9.08. The molecule has 1 aromatic rings. The first-order valence-electron chi connectivity index (χ1n) is 6.90. The summed E-state index contributed by atoms with van der Waals surface area (Å²) in [6.07, 6.45) is 3.32. The Bertz CT molecular complexity index is 448. The average molecular weight is 325 g/mol. The van der Waals surface area contributed by atoms with Crippen LogP contribution < -0.4 is 5.32 Å². The van der Waals surface area contributed by atoms with E-state index in [4.69, 9.17) is 0 Å². The van der Waals surface area contributed by atoms with E-state index >= 15 is 0 Å². The minimum Gasteiger partial charge on any atom is -0.336 e. The Balaban J connectivity index is 2.18. The third-order valence-corrected chi connectivity index (χ3v) is 3.90. The SMILES string of the molecule is CC(C)NC(=O)N1CCCCC1c1cccc(Br)c1. The van der Waals surface area contributed by atoms with Gasteiger partial charge in [0.05, 0.1) is 6.04 Å². The molecule has 2 rings (SSSR count). The molecule has 0 saturated carbocycles. The largest absolute Gasteiger partial charge is 0.336 e. The molecule has 1 heterocycles. The van der Waals surface area contributed by atoms with Gasteiger partial charge in [-0.05, 0) is 50.8 Å². The zero-order valence-electron chi connectivity index (χ0n) is 11.5. The molecule has 19 heavy (non-hydrogen) atoms. The molecule has 1 aliphatic rings. The molecule has 1 fully saturated rings. The van der Waals surface area contributed by atoms with E-state index in [-0.39, 0.29) is 18.1 Å². The Morgan fingerprint density at radius 2 is 2.21 bits per heavy atom. The molecule has 1 atom stereocenters. The predicted molar refractivity (Wildman–Crippen MR) is 81.1 cm³/mol. The van der Waals surface area contributed by atoms with Gasteiger partial charge < -0.3 is 10.2 Å². The van der Waals surface area contributed by atoms with Crippen molar-refractivity contribution in [2.75, 3.05) is 6.54 Å². The van der Waals surface area contributed by atoms with Gasteiger partial charge >= 0.3 is 6.03 Å². The van der Waals surface area contributed by atoms with Crippen LogP contribution in [0.2, 0.25) is 0 Å². The zero-order valence-corrected chi connectivity index (χ0v) is 13.1. The second kappa shape index (κ2) is 6.42. The lowest BCUT2D eigenvalue weighted by atomic mass is 9.95. The van der Waals surface area contributed by atoms with Crippen molar-refractivity contribution in [3.05, 3.63) is 34.3 Å². The monoisotopic (exact) mass is 324 g/mol. The number of nitrogens with zero attached hydrogens (tertiary/aromatic N) is 1. The quantitative estimate of drug-likeness (QED) is 0.872. The van der Waals surface area contributed by atoms with Crippen molar-refractivity contribution in [3.63, 3.8) is 0 Å². The van der Waals surface area contributed by atoms with Crippen LogP contribution in [-0.2, 0) is 0 Å². The lowest BCUT2D eigenvalue weighted by Crippen LogP contribution is -2.46. The molecule has 0 aromatic heterocycles. The number of benzene rings is 1. The standard InChI is InChI=1S/C15H21BrN2O/c1-11(2)17-15(19)18-9-4-3-8-14(18)12-6-5-7-13(16)10-12/h5-7,10-11,14H,3-4,8-9H2,1-2H3,(H,17,19). The summed E-state index contributed by atoms with van der Waals surface area (Å²) in [5.41, 5.74) is 1.22. The van der Waals surface area contributed by atoms with Crippen LogP contribution in [-0.4, -0.2) is 23.5 Å². The molecule has 104 valence electrons. The van der Waals surface area contributed by atoms with Gasteiger partial charge in [0.15, 0.2) is 0 Å². The van der Waals surface area contributed by atoms with Crippen molar-refractivity contribution in [2.24, 2.45) is 0 Å². The minimum atomic E-state index is 0.0553. The van der Waals surface area contributed by atoms with Gasteiger partial charge in [-0.1, -0.05) is 28.1 Å². The molecule has 0 radical (unpaired) electrons. The van der Waals surface area contributed by atoms with Gasteiger partial charge in [0.1, 0.15) is 0 Å². The molecule has 3 nitrogen and oxygen atoms in total. The smallest absolute Gasteiger partial charge is 0.318 e. The molecule has 2 amide bonds. The topological polar surface area (TPSA) is 32.3 Å². The second-order valence-corrected chi connectivity index (χ2v) is 6.28. The maximum Gasteiger partial charge on any atom is 0.318 e. The summed E-state index contributed by atoms with van der Waals surface area (Å²) in [5, 5.41) is 3.00. The maximum absolute atomic E-state index is 12.3. The molecule has 0 spiro atoms. The van der Waals surface area contributed by atoms with Crippen LogP contribution in [0.4, 0.5) is 4.79 Å². The number of hydrogen-bond donors (Lipinski definition) is 1. The van der Waals surface area contributed by atoms with Crippen LogP contribution in [0, 0.1) is 0 Å². The molecule has 1 aromatic carbocycles. The summed E-state index contributed by atoms with van der Waals surface area (Å²) in [6, 6.07) is 8.71. The van der Waals surface area contributed by atoms with E-state index in [1.807, 2.05) is 30.9 Å². The number of carbonyl (C=O) groups is 1. The predicted octanol–water partition coefficient (Wildman–Crippen LogP) is 4.09. The van der Waals surface area contributed by atoms with Crippen molar-refractivity contribution >= 4 is 22.0 Å². The van der Waals surface area contributed by atoms with E-state index in [9.17, 15) is 4.79 Å². The van der Waals surface area contributed by atoms with Crippen LogP contribution in [0.5, 0.6) is 0 Å². The van der Waals surface area contributed by atoms with E-state index in [1.165, 1.54) is 12.0 Å². The van der Waals surface area contributed by atoms with Gasteiger partial charge in [-0.15, -0.1) is 0 Å². The molecular formula is C15H21BrN2O. The van der Waals surface area contributed by atoms with Crippen molar-refractivity contribution in [1.82, 2.24) is 10.2 Å². The summed E-state index contributed by atoms with van der Waals surface area (Å²) in [4.78, 5) is 14.3. The van der Waals surface area contributed by atoms with E-state index in [0.29, 0.717) is 0 Å². The number of nitrogens with one attached hydrogen (secondary N) is 1. The summed E-state index contributed by atoms with van der Waals surface area (Å²) in [5.74, 6) is 0. The summed E-state index contributed by atoms with van der Waals surface area (Å²) in [7, 11) is 0. The first kappa shape index (κ1) is 14.4. The Kier molecular flexibility index (Phi) is 4.86. The Labute approximate surface area is 123 Å². The third kappa shape index (κ3) is 3.72. The fourth-order valence-corrected chi connectivity index (χ4v) is 2.98. The number of urea groups is 1. The normalized spacial score (nSPS) is 19.6. The van der Waals surface area contributed by atoms with Crippen LogP contribution >= 0.6 is 15.9 Å².